The molecule has 0 aliphatic heterocycles. The highest BCUT2D eigenvalue weighted by molar-refractivity contribution is 5.85. The summed E-state index contributed by atoms with van der Waals surface area (Å²) >= 11 is 0. The molecule has 0 heterocycles. The highest BCUT2D eigenvalue weighted by Crippen LogP contribution is 1.99. The van der Waals surface area contributed by atoms with E-state index in [0.717, 1.165) is 6.42 Å². The van der Waals surface area contributed by atoms with Gasteiger partial charge in [-0.25, -0.2) is 4.79 Å². The Balaban J connectivity index is 3.62. The van der Waals surface area contributed by atoms with Gasteiger partial charge in [-0.1, -0.05) is 25.8 Å². The monoisotopic (exact) mass is 199 g/mol. The van der Waals surface area contributed by atoms with E-state index in [0.29, 0.717) is 18.2 Å². The van der Waals surface area contributed by atoms with Crippen LogP contribution in [0.25, 0.3) is 0 Å². The zero-order chi connectivity index (χ0) is 11.0. The Morgan fingerprint density at radius 2 is 2.21 bits per heavy atom. The SMILES string of the molecule is CCCCC(C)NC/C=C(/C)C(=O)O. The molecule has 0 saturated carbocycles. The predicted molar refractivity (Wildman–Crippen MR) is 58.4 cm³/mol. The van der Waals surface area contributed by atoms with Crippen LogP contribution in [0, 0.1) is 0 Å². The normalized spacial score (nSPS) is 14.1. The summed E-state index contributed by atoms with van der Waals surface area (Å²) in [6.07, 6.45) is 5.28. The second kappa shape index (κ2) is 7.56. The number of hydrogen-bond donors (Lipinski definition) is 2. The molecule has 0 aromatic rings. The summed E-state index contributed by atoms with van der Waals surface area (Å²) in [5.74, 6) is -0.840. The van der Waals surface area contributed by atoms with Crippen LogP contribution in [0.2, 0.25) is 0 Å². The van der Waals surface area contributed by atoms with Crippen LogP contribution in [0.5, 0.6) is 0 Å². The van der Waals surface area contributed by atoms with Crippen molar-refractivity contribution in [1.82, 2.24) is 5.32 Å². The maximum Gasteiger partial charge on any atom is 0.330 e. The Morgan fingerprint density at radius 3 is 2.71 bits per heavy atom. The maximum absolute atomic E-state index is 10.5. The number of aliphatic carboxylic acids is 1. The summed E-state index contributed by atoms with van der Waals surface area (Å²) in [4.78, 5) is 10.5. The molecule has 3 heteroatoms. The van der Waals surface area contributed by atoms with E-state index in [4.69, 9.17) is 5.11 Å². The molecule has 0 aliphatic carbocycles. The van der Waals surface area contributed by atoms with Crippen molar-refractivity contribution < 1.29 is 9.90 Å². The zero-order valence-electron chi connectivity index (χ0n) is 9.34. The lowest BCUT2D eigenvalue weighted by atomic mass is 10.1. The van der Waals surface area contributed by atoms with E-state index in [1.807, 2.05) is 0 Å². The standard InChI is InChI=1S/C11H21NO2/c1-4-5-6-10(3)12-8-7-9(2)11(13)14/h7,10,12H,4-6,8H2,1-3H3,(H,13,14)/b9-7-. The smallest absolute Gasteiger partial charge is 0.330 e. The summed E-state index contributed by atoms with van der Waals surface area (Å²) in [5, 5.41) is 11.9. The van der Waals surface area contributed by atoms with E-state index in [1.54, 1.807) is 13.0 Å². The van der Waals surface area contributed by atoms with Crippen LogP contribution in [0.15, 0.2) is 11.6 Å². The first-order valence-corrected chi connectivity index (χ1v) is 5.21. The van der Waals surface area contributed by atoms with Gasteiger partial charge in [-0.2, -0.15) is 0 Å². The van der Waals surface area contributed by atoms with Gasteiger partial charge in [0.2, 0.25) is 0 Å². The van der Waals surface area contributed by atoms with Gasteiger partial charge in [0.1, 0.15) is 0 Å². The van der Waals surface area contributed by atoms with Crippen LogP contribution in [-0.2, 0) is 4.79 Å². The largest absolute Gasteiger partial charge is 0.478 e. The van der Waals surface area contributed by atoms with Crippen molar-refractivity contribution in [3.63, 3.8) is 0 Å². The van der Waals surface area contributed by atoms with Crippen LogP contribution in [0.1, 0.15) is 40.0 Å². The minimum atomic E-state index is -0.840. The number of nitrogens with one attached hydrogen (secondary N) is 1. The first-order valence-electron chi connectivity index (χ1n) is 5.21. The molecule has 0 amide bonds. The number of unbranched alkanes of at least 4 members (excludes halogenated alkanes) is 1. The van der Waals surface area contributed by atoms with Gasteiger partial charge < -0.3 is 10.4 Å². The summed E-state index contributed by atoms with van der Waals surface area (Å²) in [5.41, 5.74) is 0.403. The van der Waals surface area contributed by atoms with Crippen LogP contribution in [0.4, 0.5) is 0 Å². The summed E-state index contributed by atoms with van der Waals surface area (Å²) in [6.45, 7) is 6.55. The van der Waals surface area contributed by atoms with Crippen molar-refractivity contribution in [2.24, 2.45) is 0 Å². The lowest BCUT2D eigenvalue weighted by molar-refractivity contribution is -0.132. The van der Waals surface area contributed by atoms with E-state index in [2.05, 4.69) is 19.2 Å². The number of hydrogen-bond acceptors (Lipinski definition) is 2. The fourth-order valence-electron chi connectivity index (χ4n) is 1.11. The maximum atomic E-state index is 10.5. The molecule has 0 fully saturated rings. The lowest BCUT2D eigenvalue weighted by Gasteiger charge is -2.11. The molecule has 14 heavy (non-hydrogen) atoms. The van der Waals surface area contributed by atoms with Crippen LogP contribution in [0.3, 0.4) is 0 Å². The van der Waals surface area contributed by atoms with E-state index in [-0.39, 0.29) is 0 Å². The van der Waals surface area contributed by atoms with Gasteiger partial charge in [0, 0.05) is 18.2 Å². The fraction of sp³-hybridized carbons (Fsp3) is 0.727. The second-order valence-corrected chi connectivity index (χ2v) is 3.64. The average molecular weight is 199 g/mol. The van der Waals surface area contributed by atoms with Crippen LogP contribution < -0.4 is 5.32 Å². The summed E-state index contributed by atoms with van der Waals surface area (Å²) < 4.78 is 0. The Kier molecular flexibility index (Phi) is 7.11. The minimum Gasteiger partial charge on any atom is -0.478 e. The molecule has 0 bridgehead atoms. The van der Waals surface area contributed by atoms with Crippen molar-refractivity contribution in [2.75, 3.05) is 6.54 Å². The Labute approximate surface area is 86.2 Å². The lowest BCUT2D eigenvalue weighted by Crippen LogP contribution is -2.26. The molecule has 0 aromatic heterocycles. The number of carboxylic acids is 1. The van der Waals surface area contributed by atoms with E-state index >= 15 is 0 Å². The Bertz CT molecular complexity index is 199. The quantitative estimate of drug-likeness (QED) is 0.618. The van der Waals surface area contributed by atoms with Crippen LogP contribution in [-0.4, -0.2) is 23.7 Å². The van der Waals surface area contributed by atoms with Gasteiger partial charge in [-0.3, -0.25) is 0 Å². The molecule has 1 unspecified atom stereocenters. The average Bonchev–Trinajstić information content (AvgIpc) is 2.14. The molecule has 0 rings (SSSR count). The Hall–Kier alpha value is -0.830. The number of carbonyl (C=O) groups is 1. The Morgan fingerprint density at radius 1 is 1.57 bits per heavy atom. The first-order chi connectivity index (χ1) is 6.57. The summed E-state index contributed by atoms with van der Waals surface area (Å²) in [6, 6.07) is 0.466. The van der Waals surface area contributed by atoms with Gasteiger partial charge in [0.15, 0.2) is 0 Å². The third-order valence-electron chi connectivity index (χ3n) is 2.20. The highest BCUT2D eigenvalue weighted by Gasteiger charge is 2.00. The zero-order valence-corrected chi connectivity index (χ0v) is 9.34. The molecule has 0 aliphatic rings. The van der Waals surface area contributed by atoms with Gasteiger partial charge in [-0.15, -0.1) is 0 Å². The molecular weight excluding hydrogens is 178 g/mol. The molecule has 0 radical (unpaired) electrons. The molecule has 3 nitrogen and oxygen atoms in total. The van der Waals surface area contributed by atoms with Gasteiger partial charge in [0.25, 0.3) is 0 Å². The van der Waals surface area contributed by atoms with E-state index in [9.17, 15) is 4.79 Å². The fourth-order valence-corrected chi connectivity index (χ4v) is 1.11. The van der Waals surface area contributed by atoms with Crippen molar-refractivity contribution >= 4 is 5.97 Å². The van der Waals surface area contributed by atoms with Crippen molar-refractivity contribution in [2.45, 2.75) is 46.1 Å². The minimum absolute atomic E-state index is 0.403. The highest BCUT2D eigenvalue weighted by atomic mass is 16.4. The van der Waals surface area contributed by atoms with Crippen molar-refractivity contribution in [1.29, 1.82) is 0 Å². The predicted octanol–water partition coefficient (Wildman–Crippen LogP) is 2.19. The molecule has 0 saturated heterocycles. The third-order valence-corrected chi connectivity index (χ3v) is 2.20. The van der Waals surface area contributed by atoms with Crippen molar-refractivity contribution in [3.05, 3.63) is 11.6 Å². The van der Waals surface area contributed by atoms with Gasteiger partial charge in [0.05, 0.1) is 0 Å². The molecule has 0 aromatic carbocycles. The first kappa shape index (κ1) is 13.2. The number of rotatable bonds is 7. The van der Waals surface area contributed by atoms with Gasteiger partial charge in [-0.05, 0) is 20.3 Å². The number of carboxylic acid groups (broad SMARTS) is 1. The third kappa shape index (κ3) is 6.66. The van der Waals surface area contributed by atoms with Gasteiger partial charge >= 0.3 is 5.97 Å². The molecule has 1 atom stereocenters. The van der Waals surface area contributed by atoms with Crippen molar-refractivity contribution in [3.8, 4) is 0 Å². The molecule has 0 spiro atoms. The van der Waals surface area contributed by atoms with Crippen LogP contribution >= 0.6 is 0 Å². The topological polar surface area (TPSA) is 49.3 Å². The summed E-state index contributed by atoms with van der Waals surface area (Å²) in [7, 11) is 0. The second-order valence-electron chi connectivity index (χ2n) is 3.64. The molecule has 2 N–H and O–H groups in total. The van der Waals surface area contributed by atoms with E-state index < -0.39 is 5.97 Å². The molecule has 82 valence electrons. The van der Waals surface area contributed by atoms with E-state index in [1.165, 1.54) is 12.8 Å². The molecular formula is C11H21NO2.